The van der Waals surface area contributed by atoms with E-state index < -0.39 is 0 Å². The molecule has 0 radical (unpaired) electrons. The Morgan fingerprint density at radius 1 is 0.288 bits per heavy atom. The van der Waals surface area contributed by atoms with Gasteiger partial charge in [0.25, 0.3) is 0 Å². The molecule has 0 aliphatic rings. The molecule has 4 heterocycles. The zero-order valence-electron chi connectivity index (χ0n) is 27.8. The lowest BCUT2D eigenvalue weighted by Gasteiger charge is -2.16. The lowest BCUT2D eigenvalue weighted by molar-refractivity contribution is 1.18. The van der Waals surface area contributed by atoms with Crippen molar-refractivity contribution in [3.63, 3.8) is 0 Å². The van der Waals surface area contributed by atoms with Crippen LogP contribution in [-0.2, 0) is 0 Å². The summed E-state index contributed by atoms with van der Waals surface area (Å²) in [5.74, 6) is 0. The maximum Gasteiger partial charge on any atom is 0.0994 e. The van der Waals surface area contributed by atoms with Gasteiger partial charge >= 0.3 is 0 Å². The lowest BCUT2D eigenvalue weighted by atomic mass is 9.94. The molecular weight excluding hydrogens is 637 g/mol. The smallest absolute Gasteiger partial charge is 0.0994 e. The van der Waals surface area contributed by atoms with Crippen LogP contribution in [-0.4, -0.2) is 29.1 Å². The topological polar surface area (TPSA) is 61.4 Å². The molecule has 242 valence electrons. The fourth-order valence-electron chi connectivity index (χ4n) is 8.13. The fraction of sp³-hybridized carbons (Fsp3) is 0. The van der Waals surface area contributed by atoms with Gasteiger partial charge in [-0.05, 0) is 59.7 Å². The van der Waals surface area contributed by atoms with Crippen molar-refractivity contribution in [3.8, 4) is 33.6 Å². The second kappa shape index (κ2) is 11.2. The molecule has 0 aliphatic carbocycles. The van der Waals surface area contributed by atoms with Crippen molar-refractivity contribution in [2.75, 3.05) is 0 Å². The van der Waals surface area contributed by atoms with Gasteiger partial charge in [-0.3, -0.25) is 19.9 Å². The highest BCUT2D eigenvalue weighted by Gasteiger charge is 2.21. The summed E-state index contributed by atoms with van der Waals surface area (Å²) in [4.78, 5) is 19.7. The van der Waals surface area contributed by atoms with Gasteiger partial charge in [-0.25, -0.2) is 0 Å². The molecule has 0 unspecified atom stereocenters. The van der Waals surface area contributed by atoms with Gasteiger partial charge in [-0.1, -0.05) is 97.1 Å². The number of aromatic nitrogens is 6. The highest BCUT2D eigenvalue weighted by atomic mass is 15.0. The zero-order valence-corrected chi connectivity index (χ0v) is 27.8. The molecular formula is C46H28N6. The first-order chi connectivity index (χ1) is 25.8. The summed E-state index contributed by atoms with van der Waals surface area (Å²) in [5.41, 5.74) is 13.9. The molecule has 0 atom stereocenters. The summed E-state index contributed by atoms with van der Waals surface area (Å²) in [6.45, 7) is 0. The van der Waals surface area contributed by atoms with Crippen molar-refractivity contribution in [3.05, 3.63) is 170 Å². The van der Waals surface area contributed by atoms with E-state index in [4.69, 9.17) is 19.9 Å². The summed E-state index contributed by atoms with van der Waals surface area (Å²) in [6.07, 6.45) is 7.04. The van der Waals surface area contributed by atoms with E-state index in [1.165, 1.54) is 43.6 Å². The Kier molecular flexibility index (Phi) is 6.15. The Labute approximate surface area is 297 Å². The van der Waals surface area contributed by atoms with E-state index in [0.717, 1.165) is 55.7 Å². The van der Waals surface area contributed by atoms with Crippen LogP contribution in [0.3, 0.4) is 0 Å². The van der Waals surface area contributed by atoms with Gasteiger partial charge in [0, 0.05) is 68.8 Å². The number of para-hydroxylation sites is 4. The van der Waals surface area contributed by atoms with Crippen LogP contribution in [0.1, 0.15) is 0 Å². The van der Waals surface area contributed by atoms with E-state index in [1.54, 1.807) is 24.8 Å². The molecule has 0 saturated heterocycles. The van der Waals surface area contributed by atoms with Crippen LogP contribution in [0, 0.1) is 0 Å². The van der Waals surface area contributed by atoms with Gasteiger partial charge < -0.3 is 9.13 Å². The quantitative estimate of drug-likeness (QED) is 0.176. The first kappa shape index (κ1) is 28.6. The molecule has 4 aromatic heterocycles. The molecule has 0 saturated carbocycles. The minimum atomic E-state index is 0.793. The molecule has 7 aromatic carbocycles. The SMILES string of the molecule is c1ccc2c(c1)c1ccccc1n2-c1ccc(-c2c3nccnc3c(-c3ccc(-n4c5ccccc5c5ccccc54)cc3)c3nccnc23)cc1. The van der Waals surface area contributed by atoms with Crippen molar-refractivity contribution in [1.29, 1.82) is 0 Å². The Hall–Kier alpha value is -7.18. The van der Waals surface area contributed by atoms with E-state index in [2.05, 4.69) is 155 Å². The van der Waals surface area contributed by atoms with Crippen LogP contribution in [0.5, 0.6) is 0 Å². The summed E-state index contributed by atoms with van der Waals surface area (Å²) in [6, 6.07) is 51.7. The minimum Gasteiger partial charge on any atom is -0.309 e. The number of nitrogens with zero attached hydrogens (tertiary/aromatic N) is 6. The maximum atomic E-state index is 4.93. The molecule has 6 heteroatoms. The maximum absolute atomic E-state index is 4.93. The molecule has 0 aliphatic heterocycles. The molecule has 11 aromatic rings. The van der Waals surface area contributed by atoms with E-state index in [9.17, 15) is 0 Å². The summed E-state index contributed by atoms with van der Waals surface area (Å²) in [7, 11) is 0. The van der Waals surface area contributed by atoms with Crippen LogP contribution in [0.15, 0.2) is 170 Å². The summed E-state index contributed by atoms with van der Waals surface area (Å²) >= 11 is 0. The molecule has 11 rings (SSSR count). The van der Waals surface area contributed by atoms with E-state index in [-0.39, 0.29) is 0 Å². The monoisotopic (exact) mass is 664 g/mol. The van der Waals surface area contributed by atoms with Crippen LogP contribution in [0.4, 0.5) is 0 Å². The summed E-state index contributed by atoms with van der Waals surface area (Å²) in [5, 5.41) is 4.96. The van der Waals surface area contributed by atoms with Gasteiger partial charge in [0.1, 0.15) is 0 Å². The van der Waals surface area contributed by atoms with E-state index in [0.29, 0.717) is 0 Å². The molecule has 0 spiro atoms. The summed E-state index contributed by atoms with van der Waals surface area (Å²) < 4.78 is 4.66. The van der Waals surface area contributed by atoms with E-state index >= 15 is 0 Å². The van der Waals surface area contributed by atoms with Gasteiger partial charge in [0.2, 0.25) is 0 Å². The molecule has 6 nitrogen and oxygen atoms in total. The Balaban J connectivity index is 1.07. The van der Waals surface area contributed by atoms with Crippen molar-refractivity contribution in [2.24, 2.45) is 0 Å². The minimum absolute atomic E-state index is 0.793. The molecule has 0 bridgehead atoms. The van der Waals surface area contributed by atoms with Gasteiger partial charge in [-0.15, -0.1) is 0 Å². The standard InChI is InChI=1S/C46H28N6/c1-5-13-37-33(9-1)34-10-2-6-14-38(34)51(37)31-21-17-29(18-22-31)41-43-45(49-27-25-47-43)42(46-44(41)48-26-28-50-46)30-19-23-32(24-20-30)52-39-15-7-3-11-35(39)36-12-4-8-16-40(36)52/h1-28H. The van der Waals surface area contributed by atoms with Crippen LogP contribution in [0.25, 0.3) is 99.3 Å². The van der Waals surface area contributed by atoms with Gasteiger partial charge in [0.15, 0.2) is 0 Å². The number of hydrogen-bond acceptors (Lipinski definition) is 4. The highest BCUT2D eigenvalue weighted by molar-refractivity contribution is 6.17. The zero-order chi connectivity index (χ0) is 34.2. The average molecular weight is 665 g/mol. The number of fused-ring (bicyclic) bond motifs is 8. The fourth-order valence-corrected chi connectivity index (χ4v) is 8.13. The van der Waals surface area contributed by atoms with Crippen molar-refractivity contribution >= 4 is 65.7 Å². The normalized spacial score (nSPS) is 11.8. The van der Waals surface area contributed by atoms with Crippen molar-refractivity contribution in [2.45, 2.75) is 0 Å². The Morgan fingerprint density at radius 2 is 0.558 bits per heavy atom. The first-order valence-electron chi connectivity index (χ1n) is 17.4. The number of rotatable bonds is 4. The van der Waals surface area contributed by atoms with Crippen LogP contribution in [0.2, 0.25) is 0 Å². The van der Waals surface area contributed by atoms with Gasteiger partial charge in [-0.2, -0.15) is 0 Å². The molecule has 52 heavy (non-hydrogen) atoms. The van der Waals surface area contributed by atoms with Crippen LogP contribution >= 0.6 is 0 Å². The van der Waals surface area contributed by atoms with Gasteiger partial charge in [0.05, 0.1) is 44.1 Å². The molecule has 0 N–H and O–H groups in total. The highest BCUT2D eigenvalue weighted by Crippen LogP contribution is 2.41. The molecule has 0 amide bonds. The molecule has 0 fully saturated rings. The third-order valence-electron chi connectivity index (χ3n) is 10.3. The van der Waals surface area contributed by atoms with E-state index in [1.807, 2.05) is 0 Å². The third-order valence-corrected chi connectivity index (χ3v) is 10.3. The third kappa shape index (κ3) is 4.12. The second-order valence-corrected chi connectivity index (χ2v) is 13.1. The van der Waals surface area contributed by atoms with Crippen LogP contribution < -0.4 is 0 Å². The predicted molar refractivity (Wildman–Crippen MR) is 212 cm³/mol. The lowest BCUT2D eigenvalue weighted by Crippen LogP contribution is -1.98. The number of hydrogen-bond donors (Lipinski definition) is 0. The van der Waals surface area contributed by atoms with Crippen molar-refractivity contribution < 1.29 is 0 Å². The predicted octanol–water partition coefficient (Wildman–Crippen LogP) is 11.1. The largest absolute Gasteiger partial charge is 0.309 e. The second-order valence-electron chi connectivity index (χ2n) is 13.1. The number of benzene rings is 7. The Bertz CT molecular complexity index is 2790. The first-order valence-corrected chi connectivity index (χ1v) is 17.4. The Morgan fingerprint density at radius 3 is 0.846 bits per heavy atom. The van der Waals surface area contributed by atoms with Crippen molar-refractivity contribution in [1.82, 2.24) is 29.1 Å². The average Bonchev–Trinajstić information content (AvgIpc) is 3.73.